The van der Waals surface area contributed by atoms with Crippen LogP contribution in [0.15, 0.2) is 17.7 Å². The van der Waals surface area contributed by atoms with Crippen LogP contribution in [0.2, 0.25) is 0 Å². The largest absolute Gasteiger partial charge is 0.0741 e. The van der Waals surface area contributed by atoms with Gasteiger partial charge in [0.2, 0.25) is 0 Å². The molecule has 0 aliphatic heterocycles. The van der Waals surface area contributed by atoms with Crippen LogP contribution < -0.4 is 0 Å². The van der Waals surface area contributed by atoms with Crippen LogP contribution >= 0.6 is 0 Å². The number of hydrogen-bond donors (Lipinski definition) is 0. The zero-order valence-electron chi connectivity index (χ0n) is 5.44. The van der Waals surface area contributed by atoms with Crippen molar-refractivity contribution in [2.24, 2.45) is 5.92 Å². The summed E-state index contributed by atoms with van der Waals surface area (Å²) in [5.74, 6) is 0.606. The van der Waals surface area contributed by atoms with Crippen LogP contribution in [0.3, 0.4) is 0 Å². The summed E-state index contributed by atoms with van der Waals surface area (Å²) < 4.78 is 0. The average Bonchev–Trinajstić information content (AvgIpc) is 2.14. The average molecular weight is 107 g/mol. The van der Waals surface area contributed by atoms with Crippen molar-refractivity contribution in [3.63, 3.8) is 0 Å². The number of hydrogen-bond acceptors (Lipinski definition) is 0. The highest BCUT2D eigenvalue weighted by molar-refractivity contribution is 5.23. The highest BCUT2D eigenvalue weighted by Gasteiger charge is 2.02. The van der Waals surface area contributed by atoms with Gasteiger partial charge in [-0.1, -0.05) is 24.6 Å². The first-order chi connectivity index (χ1) is 3.83. The summed E-state index contributed by atoms with van der Waals surface area (Å²) in [6.45, 7) is 4.29. The van der Waals surface area contributed by atoms with E-state index in [1.165, 1.54) is 12.0 Å². The molecule has 0 saturated carbocycles. The summed E-state index contributed by atoms with van der Waals surface area (Å²) in [6.07, 6.45) is 8.74. The summed E-state index contributed by atoms with van der Waals surface area (Å²) in [7, 11) is 0. The van der Waals surface area contributed by atoms with Crippen LogP contribution in [0.1, 0.15) is 20.3 Å². The molecule has 1 aliphatic carbocycles. The molecule has 0 saturated heterocycles. The zero-order valence-corrected chi connectivity index (χ0v) is 5.44. The minimum Gasteiger partial charge on any atom is -0.0741 e. The second-order valence-corrected chi connectivity index (χ2v) is 2.24. The van der Waals surface area contributed by atoms with Crippen LogP contribution in [-0.2, 0) is 0 Å². The van der Waals surface area contributed by atoms with Crippen molar-refractivity contribution in [1.29, 1.82) is 0 Å². The summed E-state index contributed by atoms with van der Waals surface area (Å²) in [4.78, 5) is 0. The van der Waals surface area contributed by atoms with E-state index >= 15 is 0 Å². The van der Waals surface area contributed by atoms with E-state index in [2.05, 4.69) is 32.1 Å². The highest BCUT2D eigenvalue weighted by atomic mass is 14.1. The lowest BCUT2D eigenvalue weighted by Gasteiger charge is -1.93. The predicted molar refractivity (Wildman–Crippen MR) is 35.4 cm³/mol. The fraction of sp³-hybridized carbons (Fsp3) is 0.500. The molecular weight excluding hydrogens is 96.1 g/mol. The lowest BCUT2D eigenvalue weighted by molar-refractivity contribution is 0.764. The molecule has 0 aromatic rings. The van der Waals surface area contributed by atoms with Gasteiger partial charge in [-0.15, -0.1) is 0 Å². The summed E-state index contributed by atoms with van der Waals surface area (Å²) in [6, 6.07) is 0. The molecule has 0 bridgehead atoms. The standard InChI is InChI=1S/C8H11/c1-3-8-5-4-7(2)6-8/h4,6,8H,3H2,1-2H3. The Labute approximate surface area is 50.9 Å². The van der Waals surface area contributed by atoms with Gasteiger partial charge < -0.3 is 0 Å². The molecule has 43 valence electrons. The number of rotatable bonds is 1. The Morgan fingerprint density at radius 1 is 1.75 bits per heavy atom. The Kier molecular flexibility index (Phi) is 1.52. The maximum absolute atomic E-state index is 3.24. The van der Waals surface area contributed by atoms with Crippen molar-refractivity contribution in [2.45, 2.75) is 20.3 Å². The Morgan fingerprint density at radius 2 is 2.50 bits per heavy atom. The predicted octanol–water partition coefficient (Wildman–Crippen LogP) is 2.33. The molecule has 1 aliphatic rings. The first kappa shape index (κ1) is 5.61. The summed E-state index contributed by atoms with van der Waals surface area (Å²) >= 11 is 0. The lowest BCUT2D eigenvalue weighted by Crippen LogP contribution is -1.82. The van der Waals surface area contributed by atoms with Gasteiger partial charge in [-0.3, -0.25) is 0 Å². The van der Waals surface area contributed by atoms with E-state index in [1.54, 1.807) is 0 Å². The van der Waals surface area contributed by atoms with Gasteiger partial charge in [0.15, 0.2) is 0 Å². The monoisotopic (exact) mass is 107 g/mol. The summed E-state index contributed by atoms with van der Waals surface area (Å²) in [5.41, 5.74) is 1.36. The third-order valence-corrected chi connectivity index (χ3v) is 1.43. The molecule has 8 heavy (non-hydrogen) atoms. The SMILES string of the molecule is CCC1[C]=CC(C)=C1. The second-order valence-electron chi connectivity index (χ2n) is 2.24. The van der Waals surface area contributed by atoms with Crippen LogP contribution in [-0.4, -0.2) is 0 Å². The van der Waals surface area contributed by atoms with Gasteiger partial charge >= 0.3 is 0 Å². The molecular formula is C8H11. The molecule has 0 aromatic carbocycles. The Morgan fingerprint density at radius 3 is 2.75 bits per heavy atom. The highest BCUT2D eigenvalue weighted by Crippen LogP contribution is 2.16. The molecule has 0 nitrogen and oxygen atoms in total. The Bertz CT molecular complexity index is 129. The molecule has 0 amide bonds. The van der Waals surface area contributed by atoms with Crippen molar-refractivity contribution in [1.82, 2.24) is 0 Å². The zero-order chi connectivity index (χ0) is 5.98. The maximum Gasteiger partial charge on any atom is 0.00241 e. The molecule has 0 aromatic heterocycles. The third kappa shape index (κ3) is 1.00. The second kappa shape index (κ2) is 2.17. The van der Waals surface area contributed by atoms with E-state index in [-0.39, 0.29) is 0 Å². The fourth-order valence-corrected chi connectivity index (χ4v) is 0.888. The molecule has 0 N–H and O–H groups in total. The van der Waals surface area contributed by atoms with Crippen molar-refractivity contribution >= 4 is 0 Å². The molecule has 1 atom stereocenters. The molecule has 0 heterocycles. The molecule has 1 radical (unpaired) electrons. The molecule has 0 fully saturated rings. The van der Waals surface area contributed by atoms with Crippen LogP contribution in [0, 0.1) is 12.0 Å². The van der Waals surface area contributed by atoms with Gasteiger partial charge in [-0.25, -0.2) is 0 Å². The molecule has 0 heteroatoms. The van der Waals surface area contributed by atoms with Gasteiger partial charge in [0.05, 0.1) is 0 Å². The van der Waals surface area contributed by atoms with Crippen LogP contribution in [0.4, 0.5) is 0 Å². The molecule has 1 unspecified atom stereocenters. The normalized spacial score (nSPS) is 26.2. The maximum atomic E-state index is 3.24. The minimum atomic E-state index is 0.606. The van der Waals surface area contributed by atoms with Crippen molar-refractivity contribution in [3.8, 4) is 0 Å². The Balaban J connectivity index is 2.55. The van der Waals surface area contributed by atoms with Crippen molar-refractivity contribution < 1.29 is 0 Å². The van der Waals surface area contributed by atoms with Gasteiger partial charge in [0.25, 0.3) is 0 Å². The third-order valence-electron chi connectivity index (χ3n) is 1.43. The van der Waals surface area contributed by atoms with Crippen molar-refractivity contribution in [2.75, 3.05) is 0 Å². The van der Waals surface area contributed by atoms with Crippen LogP contribution in [0.25, 0.3) is 0 Å². The van der Waals surface area contributed by atoms with E-state index in [4.69, 9.17) is 0 Å². The smallest absolute Gasteiger partial charge is 0.00241 e. The Hall–Kier alpha value is -0.520. The topological polar surface area (TPSA) is 0 Å². The first-order valence-electron chi connectivity index (χ1n) is 3.10. The van der Waals surface area contributed by atoms with E-state index in [9.17, 15) is 0 Å². The van der Waals surface area contributed by atoms with Crippen LogP contribution in [0.5, 0.6) is 0 Å². The quantitative estimate of drug-likeness (QED) is 0.482. The summed E-state index contributed by atoms with van der Waals surface area (Å²) in [5, 5.41) is 0. The molecule has 1 rings (SSSR count). The van der Waals surface area contributed by atoms with Gasteiger partial charge in [-0.05, 0) is 19.4 Å². The van der Waals surface area contributed by atoms with Gasteiger partial charge in [0.1, 0.15) is 0 Å². The first-order valence-corrected chi connectivity index (χ1v) is 3.10. The van der Waals surface area contributed by atoms with E-state index in [0.29, 0.717) is 5.92 Å². The van der Waals surface area contributed by atoms with E-state index in [1.807, 2.05) is 0 Å². The lowest BCUT2D eigenvalue weighted by atomic mass is 10.1. The minimum absolute atomic E-state index is 0.606. The van der Waals surface area contributed by atoms with Gasteiger partial charge in [0, 0.05) is 5.92 Å². The van der Waals surface area contributed by atoms with E-state index in [0.717, 1.165) is 0 Å². The number of allylic oxidation sites excluding steroid dienone is 4. The van der Waals surface area contributed by atoms with E-state index < -0.39 is 0 Å². The van der Waals surface area contributed by atoms with Gasteiger partial charge in [-0.2, -0.15) is 0 Å². The fourth-order valence-electron chi connectivity index (χ4n) is 0.888. The van der Waals surface area contributed by atoms with Crippen molar-refractivity contribution in [3.05, 3.63) is 23.8 Å². The molecule has 0 spiro atoms.